The molecule has 1 saturated heterocycles. The lowest BCUT2D eigenvalue weighted by atomic mass is 10.0. The second-order valence-electron chi connectivity index (χ2n) is 4.93. The fraction of sp³-hybridized carbons (Fsp3) is 0.357. The lowest BCUT2D eigenvalue weighted by Crippen LogP contribution is -2.38. The largest absolute Gasteiger partial charge is 0.329 e. The second kappa shape index (κ2) is 5.73. The number of para-hydroxylation sites is 1. The smallest absolute Gasteiger partial charge is 0.325 e. The molecule has 2 rings (SSSR count). The standard InChI is InChI=1S/C14H17N3O3/c1-9(2)10-5-3-4-6-11(10)16-12(18)8-17-13(19)7-15-14(17)20/h3-6,9H,7-8H2,1-2H3,(H,15,20)(H,16,18). The minimum Gasteiger partial charge on any atom is -0.329 e. The highest BCUT2D eigenvalue weighted by molar-refractivity contribution is 6.06. The van der Waals surface area contributed by atoms with Crippen LogP contribution >= 0.6 is 0 Å². The van der Waals surface area contributed by atoms with Crippen LogP contribution in [0.5, 0.6) is 0 Å². The summed E-state index contributed by atoms with van der Waals surface area (Å²) in [6.07, 6.45) is 0. The van der Waals surface area contributed by atoms with Gasteiger partial charge in [-0.25, -0.2) is 4.79 Å². The molecule has 0 aromatic heterocycles. The van der Waals surface area contributed by atoms with Crippen LogP contribution in [0.3, 0.4) is 0 Å². The summed E-state index contributed by atoms with van der Waals surface area (Å²) in [6.45, 7) is 3.75. The molecule has 6 heteroatoms. The molecule has 0 saturated carbocycles. The molecule has 4 amide bonds. The van der Waals surface area contributed by atoms with Crippen LogP contribution in [0, 0.1) is 0 Å². The first-order valence-electron chi connectivity index (χ1n) is 6.46. The highest BCUT2D eigenvalue weighted by Crippen LogP contribution is 2.23. The van der Waals surface area contributed by atoms with Crippen molar-refractivity contribution in [1.29, 1.82) is 0 Å². The molecule has 1 heterocycles. The Balaban J connectivity index is 2.05. The second-order valence-corrected chi connectivity index (χ2v) is 4.93. The number of benzene rings is 1. The van der Waals surface area contributed by atoms with Gasteiger partial charge in [-0.15, -0.1) is 0 Å². The maximum Gasteiger partial charge on any atom is 0.325 e. The van der Waals surface area contributed by atoms with Crippen LogP contribution in [0.2, 0.25) is 0 Å². The van der Waals surface area contributed by atoms with Gasteiger partial charge in [0.1, 0.15) is 6.54 Å². The first-order chi connectivity index (χ1) is 9.49. The quantitative estimate of drug-likeness (QED) is 0.813. The van der Waals surface area contributed by atoms with Gasteiger partial charge in [-0.1, -0.05) is 32.0 Å². The summed E-state index contributed by atoms with van der Waals surface area (Å²) in [6, 6.07) is 6.95. The van der Waals surface area contributed by atoms with Crippen molar-refractivity contribution < 1.29 is 14.4 Å². The monoisotopic (exact) mass is 275 g/mol. The van der Waals surface area contributed by atoms with E-state index in [1.807, 2.05) is 32.0 Å². The zero-order chi connectivity index (χ0) is 14.7. The van der Waals surface area contributed by atoms with E-state index in [1.54, 1.807) is 6.07 Å². The fourth-order valence-corrected chi connectivity index (χ4v) is 2.06. The molecular weight excluding hydrogens is 258 g/mol. The van der Waals surface area contributed by atoms with Crippen LogP contribution in [0.1, 0.15) is 25.3 Å². The molecule has 20 heavy (non-hydrogen) atoms. The van der Waals surface area contributed by atoms with Gasteiger partial charge in [0.25, 0.3) is 5.91 Å². The van der Waals surface area contributed by atoms with Gasteiger partial charge in [0.05, 0.1) is 6.54 Å². The van der Waals surface area contributed by atoms with Crippen molar-refractivity contribution in [2.45, 2.75) is 19.8 Å². The van der Waals surface area contributed by atoms with Crippen molar-refractivity contribution in [2.24, 2.45) is 0 Å². The van der Waals surface area contributed by atoms with E-state index in [4.69, 9.17) is 0 Å². The molecule has 0 bridgehead atoms. The number of hydrogen-bond donors (Lipinski definition) is 2. The summed E-state index contributed by atoms with van der Waals surface area (Å²) in [5.41, 5.74) is 1.72. The summed E-state index contributed by atoms with van der Waals surface area (Å²) < 4.78 is 0. The third-order valence-corrected chi connectivity index (χ3v) is 3.10. The van der Waals surface area contributed by atoms with E-state index in [1.165, 1.54) is 0 Å². The Kier molecular flexibility index (Phi) is 4.02. The summed E-state index contributed by atoms with van der Waals surface area (Å²) in [5.74, 6) is -0.506. The van der Waals surface area contributed by atoms with E-state index in [2.05, 4.69) is 10.6 Å². The van der Waals surface area contributed by atoms with Crippen LogP contribution in [-0.4, -0.2) is 35.8 Å². The number of hydrogen-bond acceptors (Lipinski definition) is 3. The van der Waals surface area contributed by atoms with Gasteiger partial charge in [-0.2, -0.15) is 0 Å². The molecule has 1 aliphatic heterocycles. The molecule has 0 aliphatic carbocycles. The number of anilines is 1. The third-order valence-electron chi connectivity index (χ3n) is 3.10. The van der Waals surface area contributed by atoms with Crippen LogP contribution in [0.15, 0.2) is 24.3 Å². The van der Waals surface area contributed by atoms with Crippen LogP contribution in [0.25, 0.3) is 0 Å². The molecule has 1 aromatic rings. The van der Waals surface area contributed by atoms with Crippen molar-refractivity contribution >= 4 is 23.5 Å². The SMILES string of the molecule is CC(C)c1ccccc1NC(=O)CN1C(=O)CNC1=O. The van der Waals surface area contributed by atoms with Gasteiger partial charge in [-0.3, -0.25) is 14.5 Å². The first-order valence-corrected chi connectivity index (χ1v) is 6.46. The van der Waals surface area contributed by atoms with Crippen LogP contribution in [0.4, 0.5) is 10.5 Å². The maximum absolute atomic E-state index is 11.9. The van der Waals surface area contributed by atoms with Gasteiger partial charge >= 0.3 is 6.03 Å². The van der Waals surface area contributed by atoms with E-state index < -0.39 is 6.03 Å². The summed E-state index contributed by atoms with van der Waals surface area (Å²) >= 11 is 0. The van der Waals surface area contributed by atoms with Gasteiger partial charge in [0, 0.05) is 5.69 Å². The first kappa shape index (κ1) is 14.0. The van der Waals surface area contributed by atoms with E-state index in [-0.39, 0.29) is 30.8 Å². The van der Waals surface area contributed by atoms with E-state index in [9.17, 15) is 14.4 Å². The highest BCUT2D eigenvalue weighted by Gasteiger charge is 2.30. The Morgan fingerprint density at radius 1 is 1.35 bits per heavy atom. The highest BCUT2D eigenvalue weighted by atomic mass is 16.2. The minimum atomic E-state index is -0.526. The third kappa shape index (κ3) is 2.96. The average Bonchev–Trinajstić information content (AvgIpc) is 2.71. The zero-order valence-electron chi connectivity index (χ0n) is 11.5. The predicted octanol–water partition coefficient (Wildman–Crippen LogP) is 1.30. The Bertz CT molecular complexity index is 538. The van der Waals surface area contributed by atoms with Crippen LogP contribution < -0.4 is 10.6 Å². The molecule has 2 N–H and O–H groups in total. The lowest BCUT2D eigenvalue weighted by molar-refractivity contribution is -0.128. The number of rotatable bonds is 4. The van der Waals surface area contributed by atoms with Crippen molar-refractivity contribution in [2.75, 3.05) is 18.4 Å². The number of nitrogens with one attached hydrogen (secondary N) is 2. The predicted molar refractivity (Wildman–Crippen MR) is 74.3 cm³/mol. The molecule has 6 nitrogen and oxygen atoms in total. The van der Waals surface area contributed by atoms with E-state index >= 15 is 0 Å². The molecule has 106 valence electrons. The van der Waals surface area contributed by atoms with Gasteiger partial charge in [0.15, 0.2) is 0 Å². The number of amides is 4. The van der Waals surface area contributed by atoms with E-state index in [0.717, 1.165) is 10.5 Å². The molecule has 1 fully saturated rings. The van der Waals surface area contributed by atoms with Gasteiger partial charge < -0.3 is 10.6 Å². The lowest BCUT2D eigenvalue weighted by Gasteiger charge is -2.16. The van der Waals surface area contributed by atoms with Crippen molar-refractivity contribution in [3.8, 4) is 0 Å². The number of nitrogens with zero attached hydrogens (tertiary/aromatic N) is 1. The van der Waals surface area contributed by atoms with Crippen molar-refractivity contribution in [3.05, 3.63) is 29.8 Å². The Morgan fingerprint density at radius 2 is 2.05 bits per heavy atom. The number of carbonyl (C=O) groups excluding carboxylic acids is 3. The van der Waals surface area contributed by atoms with Gasteiger partial charge in [-0.05, 0) is 17.5 Å². The van der Waals surface area contributed by atoms with E-state index in [0.29, 0.717) is 5.69 Å². The summed E-state index contributed by atoms with van der Waals surface area (Å²) in [7, 11) is 0. The van der Waals surface area contributed by atoms with Crippen molar-refractivity contribution in [3.63, 3.8) is 0 Å². The number of carbonyl (C=O) groups is 3. The molecule has 0 unspecified atom stereocenters. The minimum absolute atomic E-state index is 0.0469. The fourth-order valence-electron chi connectivity index (χ4n) is 2.06. The normalized spacial score (nSPS) is 14.7. The maximum atomic E-state index is 11.9. The van der Waals surface area contributed by atoms with Gasteiger partial charge in [0.2, 0.25) is 5.91 Å². The molecule has 0 spiro atoms. The van der Waals surface area contributed by atoms with Crippen LogP contribution in [-0.2, 0) is 9.59 Å². The summed E-state index contributed by atoms with van der Waals surface area (Å²) in [5, 5.41) is 5.12. The number of urea groups is 1. The molecule has 1 aromatic carbocycles. The Morgan fingerprint density at radius 3 is 2.65 bits per heavy atom. The molecule has 0 atom stereocenters. The topological polar surface area (TPSA) is 78.5 Å². The molecule has 1 aliphatic rings. The Hall–Kier alpha value is -2.37. The molecular formula is C14H17N3O3. The zero-order valence-corrected chi connectivity index (χ0v) is 11.5. The summed E-state index contributed by atoms with van der Waals surface area (Å²) in [4.78, 5) is 35.6. The van der Waals surface area contributed by atoms with Crippen molar-refractivity contribution in [1.82, 2.24) is 10.2 Å². The average molecular weight is 275 g/mol. The number of imide groups is 1. The Labute approximate surface area is 117 Å². The molecule has 0 radical (unpaired) electrons.